The number of ether oxygens (including phenoxy) is 1. The minimum absolute atomic E-state index is 0.0108. The zero-order valence-corrected chi connectivity index (χ0v) is 22.4. The summed E-state index contributed by atoms with van der Waals surface area (Å²) in [6, 6.07) is 2.82. The van der Waals surface area contributed by atoms with Gasteiger partial charge in [0.15, 0.2) is 21.2 Å². The molecule has 0 radical (unpaired) electrons. The smallest absolute Gasteiger partial charge is 0.379 e. The minimum atomic E-state index is -2.36. The molecule has 36 heavy (non-hydrogen) atoms. The molecule has 0 unspecified atom stereocenters. The van der Waals surface area contributed by atoms with Gasteiger partial charge in [0.1, 0.15) is 6.17 Å². The van der Waals surface area contributed by atoms with E-state index in [2.05, 4.69) is 28.6 Å². The Bertz CT molecular complexity index is 1230. The lowest BCUT2D eigenvalue weighted by molar-refractivity contribution is -0.201. The van der Waals surface area contributed by atoms with Crippen LogP contribution in [0.15, 0.2) is 44.7 Å². The Morgan fingerprint density at radius 1 is 1.25 bits per heavy atom. The molecule has 4 aliphatic carbocycles. The van der Waals surface area contributed by atoms with Gasteiger partial charge in [0.05, 0.1) is 11.5 Å². The summed E-state index contributed by atoms with van der Waals surface area (Å²) in [6.07, 6.45) is -0.790. The van der Waals surface area contributed by atoms with Crippen LogP contribution in [-0.2, 0) is 14.3 Å². The van der Waals surface area contributed by atoms with Gasteiger partial charge in [-0.3, -0.25) is 9.59 Å². The lowest BCUT2D eigenvalue weighted by Gasteiger charge is -2.62. The molecule has 0 aliphatic heterocycles. The fourth-order valence-corrected chi connectivity index (χ4v) is 8.67. The van der Waals surface area contributed by atoms with Crippen molar-refractivity contribution < 1.29 is 37.4 Å². The molecule has 1 heterocycles. The number of carbonyl (C=O) groups is 3. The Morgan fingerprint density at radius 3 is 2.56 bits per heavy atom. The summed E-state index contributed by atoms with van der Waals surface area (Å²) in [5.41, 5.74) is -4.94. The molecule has 0 amide bonds. The predicted octanol–water partition coefficient (Wildman–Crippen LogP) is 5.16. The fraction of sp³-hybridized carbons (Fsp3) is 0.577. The molecular formula is C26H27BrF2O6S. The van der Waals surface area contributed by atoms with Crippen LogP contribution in [0.25, 0.3) is 0 Å². The summed E-state index contributed by atoms with van der Waals surface area (Å²) in [5.74, 6) is -4.25. The van der Waals surface area contributed by atoms with E-state index in [1.54, 1.807) is 0 Å². The van der Waals surface area contributed by atoms with Gasteiger partial charge in [-0.15, -0.1) is 12.6 Å². The number of thiol groups is 1. The van der Waals surface area contributed by atoms with E-state index in [1.807, 2.05) is 13.8 Å². The average Bonchev–Trinajstić information content (AvgIpc) is 3.32. The van der Waals surface area contributed by atoms with Crippen molar-refractivity contribution in [2.45, 2.75) is 58.0 Å². The van der Waals surface area contributed by atoms with Crippen molar-refractivity contribution in [3.8, 4) is 0 Å². The van der Waals surface area contributed by atoms with Gasteiger partial charge in [0, 0.05) is 11.8 Å². The van der Waals surface area contributed by atoms with Gasteiger partial charge in [-0.2, -0.15) is 0 Å². The maximum atomic E-state index is 17.4. The van der Waals surface area contributed by atoms with Crippen molar-refractivity contribution in [2.24, 2.45) is 34.5 Å². The number of hydrogen-bond donors (Lipinski definition) is 2. The van der Waals surface area contributed by atoms with E-state index in [4.69, 9.17) is 9.15 Å². The number of halogens is 3. The maximum absolute atomic E-state index is 17.4. The largest absolute Gasteiger partial charge is 0.442 e. The SMILES string of the molecule is C[C@@H]1C[C@H]2[C@H]3C[C@H](F)C4=CC(=O)C(OC(=O)c5ccc(Br)o5)=C[C@]4(C)[C@@]3(F)[C@@H](O)C[C@]2(C)[C@@H]1C(=O)S. The zero-order valence-electron chi connectivity index (χ0n) is 20.0. The van der Waals surface area contributed by atoms with Crippen LogP contribution in [0.4, 0.5) is 8.78 Å². The van der Waals surface area contributed by atoms with E-state index < -0.39 is 58.1 Å². The van der Waals surface area contributed by atoms with Crippen molar-refractivity contribution in [1.82, 2.24) is 0 Å². The Kier molecular flexibility index (Phi) is 6.00. The van der Waals surface area contributed by atoms with Crippen LogP contribution in [0, 0.1) is 34.5 Å². The molecule has 3 saturated carbocycles. The number of aliphatic hydroxyl groups is 1. The predicted molar refractivity (Wildman–Crippen MR) is 131 cm³/mol. The van der Waals surface area contributed by atoms with E-state index in [0.717, 1.165) is 12.2 Å². The molecule has 3 fully saturated rings. The standard InChI is InChI=1S/C26H27BrF2O6S/c1-11-6-12-13-7-15(28)14-8-16(30)18(35-22(32)17-4-5-20(27)34-17)9-25(14,3)26(13,29)19(31)10-24(12,2)21(11)23(33)36/h4-5,8-9,11-13,15,19,21,31H,6-7,10H2,1-3H3,(H,33,36)/t11-,12+,13-,15+,19+,21+,24+,25+,26+/m1/s1. The number of aliphatic hydroxyl groups excluding tert-OH is 1. The first-order valence-electron chi connectivity index (χ1n) is 11.9. The van der Waals surface area contributed by atoms with E-state index in [-0.39, 0.29) is 45.8 Å². The fourth-order valence-electron chi connectivity index (χ4n) is 7.82. The molecule has 0 aromatic carbocycles. The third-order valence-electron chi connectivity index (χ3n) is 9.28. The first kappa shape index (κ1) is 25.9. The van der Waals surface area contributed by atoms with E-state index in [1.165, 1.54) is 19.1 Å². The lowest BCUT2D eigenvalue weighted by atomic mass is 9.45. The van der Waals surface area contributed by atoms with Crippen molar-refractivity contribution in [1.29, 1.82) is 0 Å². The molecule has 6 nitrogen and oxygen atoms in total. The summed E-state index contributed by atoms with van der Waals surface area (Å²) in [6.45, 7) is 5.20. The first-order valence-corrected chi connectivity index (χ1v) is 13.2. The number of hydrogen-bond acceptors (Lipinski definition) is 6. The highest BCUT2D eigenvalue weighted by atomic mass is 79.9. The lowest BCUT2D eigenvalue weighted by Crippen LogP contribution is -2.68. The summed E-state index contributed by atoms with van der Waals surface area (Å²) in [5, 5.41) is 11.1. The van der Waals surface area contributed by atoms with Crippen LogP contribution in [0.2, 0.25) is 0 Å². The zero-order chi connectivity index (χ0) is 26.4. The van der Waals surface area contributed by atoms with E-state index in [0.29, 0.717) is 6.42 Å². The van der Waals surface area contributed by atoms with Gasteiger partial charge in [0.2, 0.25) is 11.5 Å². The molecule has 5 rings (SSSR count). The summed E-state index contributed by atoms with van der Waals surface area (Å²) >= 11 is 7.17. The van der Waals surface area contributed by atoms with Crippen molar-refractivity contribution in [2.75, 3.05) is 0 Å². The molecule has 0 spiro atoms. The molecule has 1 N–H and O–H groups in total. The topological polar surface area (TPSA) is 93.8 Å². The monoisotopic (exact) mass is 584 g/mol. The highest BCUT2D eigenvalue weighted by Gasteiger charge is 2.73. The Labute approximate surface area is 221 Å². The van der Waals surface area contributed by atoms with Crippen LogP contribution in [0.5, 0.6) is 0 Å². The number of ketones is 1. The van der Waals surface area contributed by atoms with Gasteiger partial charge >= 0.3 is 5.97 Å². The number of furan rings is 1. The Balaban J connectivity index is 1.57. The Hall–Kier alpha value is -1.78. The summed E-state index contributed by atoms with van der Waals surface area (Å²) in [7, 11) is 0. The van der Waals surface area contributed by atoms with Crippen LogP contribution in [-0.4, -0.2) is 39.9 Å². The van der Waals surface area contributed by atoms with Crippen molar-refractivity contribution >= 4 is 45.4 Å². The van der Waals surface area contributed by atoms with Crippen LogP contribution in [0.3, 0.4) is 0 Å². The first-order chi connectivity index (χ1) is 16.7. The molecule has 0 bridgehead atoms. The van der Waals surface area contributed by atoms with Crippen LogP contribution in [0.1, 0.15) is 50.6 Å². The third-order valence-corrected chi connectivity index (χ3v) is 9.99. The van der Waals surface area contributed by atoms with Gasteiger partial charge < -0.3 is 14.3 Å². The molecule has 10 heteroatoms. The molecule has 194 valence electrons. The highest BCUT2D eigenvalue weighted by Crippen LogP contribution is 2.70. The van der Waals surface area contributed by atoms with Gasteiger partial charge in [0.25, 0.3) is 0 Å². The van der Waals surface area contributed by atoms with E-state index in [9.17, 15) is 19.5 Å². The molecule has 9 atom stereocenters. The third kappa shape index (κ3) is 3.39. The van der Waals surface area contributed by atoms with Crippen LogP contribution < -0.4 is 0 Å². The number of esters is 1. The number of alkyl halides is 2. The normalized spacial score (nSPS) is 43.6. The van der Waals surface area contributed by atoms with E-state index >= 15 is 8.78 Å². The second-order valence-electron chi connectivity index (χ2n) is 11.1. The quantitative estimate of drug-likeness (QED) is 0.376. The van der Waals surface area contributed by atoms with Gasteiger partial charge in [-0.1, -0.05) is 13.8 Å². The molecule has 0 saturated heterocycles. The molecule has 1 aromatic rings. The average molecular weight is 585 g/mol. The van der Waals surface area contributed by atoms with Crippen LogP contribution >= 0.6 is 28.6 Å². The summed E-state index contributed by atoms with van der Waals surface area (Å²) < 4.78 is 43.9. The minimum Gasteiger partial charge on any atom is -0.442 e. The second-order valence-corrected chi connectivity index (χ2v) is 12.3. The van der Waals surface area contributed by atoms with Crippen molar-refractivity contribution in [3.05, 3.63) is 46.0 Å². The highest BCUT2D eigenvalue weighted by molar-refractivity contribution is 9.10. The number of allylic oxidation sites excluding steroid dienone is 3. The Morgan fingerprint density at radius 2 is 1.94 bits per heavy atom. The van der Waals surface area contributed by atoms with Gasteiger partial charge in [-0.25, -0.2) is 13.6 Å². The van der Waals surface area contributed by atoms with Gasteiger partial charge in [-0.05, 0) is 89.2 Å². The number of carbonyl (C=O) groups excluding carboxylic acids is 3. The second kappa shape index (κ2) is 8.36. The summed E-state index contributed by atoms with van der Waals surface area (Å²) in [4.78, 5) is 37.8. The number of rotatable bonds is 3. The molecular weight excluding hydrogens is 558 g/mol. The number of fused-ring (bicyclic) bond motifs is 5. The molecule has 1 aromatic heterocycles. The maximum Gasteiger partial charge on any atom is 0.379 e. The van der Waals surface area contributed by atoms with Crippen molar-refractivity contribution in [3.63, 3.8) is 0 Å². The molecule has 4 aliphatic rings.